The third-order valence-corrected chi connectivity index (χ3v) is 11.7. The number of aliphatic hydroxyl groups excluding tert-OH is 2. The minimum Gasteiger partial charge on any atom is -0.854 e. The first-order chi connectivity index (χ1) is 23.2. The largest absolute Gasteiger partial charge is 0.854 e. The van der Waals surface area contributed by atoms with Crippen molar-refractivity contribution in [3.05, 3.63) is 0 Å². The van der Waals surface area contributed by atoms with Crippen molar-refractivity contribution in [2.24, 2.45) is 29.6 Å². The molecule has 3 aliphatic rings. The summed E-state index contributed by atoms with van der Waals surface area (Å²) in [6.45, 7) is 18.0. The molecule has 13 heteroatoms. The van der Waals surface area contributed by atoms with E-state index in [4.69, 9.17) is 23.7 Å². The normalized spacial score (nSPS) is 49.2. The highest BCUT2D eigenvalue weighted by Crippen LogP contribution is 2.39. The molecule has 3 rings (SSSR count). The maximum Gasteiger partial charge on any atom is 0.311 e. The highest BCUT2D eigenvalue weighted by Gasteiger charge is 2.51. The molecule has 0 saturated carbocycles. The maximum atomic E-state index is 14.1. The number of esters is 1. The van der Waals surface area contributed by atoms with Gasteiger partial charge in [-0.25, -0.2) is 0 Å². The molecule has 3 saturated heterocycles. The smallest absolute Gasteiger partial charge is 0.311 e. The Bertz CT molecular complexity index is 1050. The monoisotopic (exact) mass is 717 g/mol. The molecule has 3 heterocycles. The Morgan fingerprint density at radius 1 is 1.00 bits per heavy atom. The van der Waals surface area contributed by atoms with E-state index in [0.29, 0.717) is 19.4 Å². The summed E-state index contributed by atoms with van der Waals surface area (Å²) >= 11 is 0. The number of carbonyl (C=O) groups excluding carboxylic acids is 1. The van der Waals surface area contributed by atoms with Gasteiger partial charge < -0.3 is 59.4 Å². The zero-order valence-electron chi connectivity index (χ0n) is 32.6. The second-order valence-electron chi connectivity index (χ2n) is 16.6. The predicted molar refractivity (Wildman–Crippen MR) is 186 cm³/mol. The van der Waals surface area contributed by atoms with E-state index < -0.39 is 78.1 Å². The van der Waals surface area contributed by atoms with E-state index in [2.05, 4.69) is 5.32 Å². The lowest BCUT2D eigenvalue weighted by molar-refractivity contribution is -0.395. The number of likely N-dealkylation sites (N-methyl/N-ethyl adjacent to an activating group) is 1. The molecule has 0 bridgehead atoms. The van der Waals surface area contributed by atoms with Crippen molar-refractivity contribution in [1.29, 1.82) is 0 Å². The van der Waals surface area contributed by atoms with Gasteiger partial charge in [0.2, 0.25) is 0 Å². The van der Waals surface area contributed by atoms with Crippen LogP contribution in [0.15, 0.2) is 0 Å². The Hall–Kier alpha value is -0.970. The van der Waals surface area contributed by atoms with Crippen molar-refractivity contribution in [3.8, 4) is 0 Å². The van der Waals surface area contributed by atoms with Crippen LogP contribution in [-0.2, 0) is 28.5 Å². The molecule has 294 valence electrons. The molecule has 3 unspecified atom stereocenters. The lowest BCUT2D eigenvalue weighted by atomic mass is 9.77. The third kappa shape index (κ3) is 10.2. The molecule has 0 radical (unpaired) electrons. The fourth-order valence-electron chi connectivity index (χ4n) is 8.49. The number of carbonyl (C=O) groups is 1. The molecule has 3 aliphatic heterocycles. The average Bonchev–Trinajstić information content (AvgIpc) is 3.02. The van der Waals surface area contributed by atoms with Gasteiger partial charge in [-0.3, -0.25) is 4.79 Å². The van der Waals surface area contributed by atoms with Crippen molar-refractivity contribution >= 4 is 5.97 Å². The SMILES string of the molecule is CC[C@H]1OC(=O)[C@H](C)[C@@H](O[C@H]2CC(C)C(C[O-])[C@H](C)O2)[C@H](C)[C@@H](O[C@@H]2O[C@H](C)CC(N(C)C)[C@H]2O)[C@](C)(O)C[C@@H](C)CN[C@H](C)[C@@H](O)[C@]1(C)O. The van der Waals surface area contributed by atoms with Gasteiger partial charge >= 0.3 is 5.97 Å². The number of hydrogen-bond donors (Lipinski definition) is 5. The summed E-state index contributed by atoms with van der Waals surface area (Å²) < 4.78 is 31.8. The van der Waals surface area contributed by atoms with E-state index in [-0.39, 0.29) is 55.5 Å². The highest BCUT2D eigenvalue weighted by atomic mass is 16.7. The van der Waals surface area contributed by atoms with Gasteiger partial charge in [0, 0.05) is 24.4 Å². The zero-order valence-corrected chi connectivity index (χ0v) is 32.6. The van der Waals surface area contributed by atoms with Gasteiger partial charge in [0.15, 0.2) is 12.6 Å². The molecule has 50 heavy (non-hydrogen) atoms. The summed E-state index contributed by atoms with van der Waals surface area (Å²) in [5, 5.41) is 61.9. The maximum absolute atomic E-state index is 14.1. The minimum absolute atomic E-state index is 0.00265. The number of hydrogen-bond acceptors (Lipinski definition) is 13. The molecular formula is C37H69N2O11-. The van der Waals surface area contributed by atoms with Gasteiger partial charge in [0.05, 0.1) is 35.9 Å². The Morgan fingerprint density at radius 2 is 1.64 bits per heavy atom. The van der Waals surface area contributed by atoms with Crippen LogP contribution in [0.3, 0.4) is 0 Å². The third-order valence-electron chi connectivity index (χ3n) is 11.7. The van der Waals surface area contributed by atoms with Crippen LogP contribution in [0.5, 0.6) is 0 Å². The first-order valence-electron chi connectivity index (χ1n) is 18.8. The first kappa shape index (κ1) is 43.4. The Labute approximate surface area is 300 Å². The summed E-state index contributed by atoms with van der Waals surface area (Å²) in [6, 6.07) is -0.829. The van der Waals surface area contributed by atoms with E-state index in [1.807, 2.05) is 53.6 Å². The molecule has 0 aromatic carbocycles. The summed E-state index contributed by atoms with van der Waals surface area (Å²) in [6.07, 6.45) is -6.24. The molecule has 13 nitrogen and oxygen atoms in total. The molecule has 0 aliphatic carbocycles. The standard InChI is InChI=1S/C37H69N2O11/c1-13-28-37(10,45)32(42)24(7)38-17-19(2)16-36(9,44)33(50-35-30(41)27(39(11)12)15-21(4)46-35)22(5)31(23(6)34(43)48-28)49-29-14-20(3)26(18-40)25(8)47-29/h19-33,35,38,41-42,44-45H,13-18H2,1-12H3/q-1/t19-,20?,21-,22+,23-,24-,25+,26?,27?,28-,29+,30-,31+,32-,33-,35+,36-,37-/m1/s1. The van der Waals surface area contributed by atoms with Gasteiger partial charge in [0.25, 0.3) is 0 Å². The van der Waals surface area contributed by atoms with Crippen LogP contribution < -0.4 is 10.4 Å². The number of cyclic esters (lactones) is 1. The summed E-state index contributed by atoms with van der Waals surface area (Å²) in [4.78, 5) is 16.0. The Balaban J connectivity index is 2.12. The van der Waals surface area contributed by atoms with Crippen molar-refractivity contribution in [2.45, 2.75) is 174 Å². The summed E-state index contributed by atoms with van der Waals surface area (Å²) in [5.74, 6) is -2.63. The number of rotatable bonds is 7. The van der Waals surface area contributed by atoms with Crippen LogP contribution in [-0.4, -0.2) is 137 Å². The van der Waals surface area contributed by atoms with Gasteiger partial charge in [-0.2, -0.15) is 0 Å². The first-order valence-corrected chi connectivity index (χ1v) is 18.8. The van der Waals surface area contributed by atoms with E-state index in [0.717, 1.165) is 0 Å². The number of nitrogens with one attached hydrogen (secondary N) is 1. The lowest BCUT2D eigenvalue weighted by Crippen LogP contribution is -2.59. The van der Waals surface area contributed by atoms with Gasteiger partial charge in [0.1, 0.15) is 23.9 Å². The molecular weight excluding hydrogens is 648 g/mol. The van der Waals surface area contributed by atoms with Crippen LogP contribution in [0.4, 0.5) is 0 Å². The summed E-state index contributed by atoms with van der Waals surface area (Å²) in [7, 11) is 3.78. The topological polar surface area (TPSA) is 182 Å². The Morgan fingerprint density at radius 3 is 2.20 bits per heavy atom. The zero-order chi connectivity index (χ0) is 37.9. The Kier molecular flexibility index (Phi) is 15.6. The fourth-order valence-corrected chi connectivity index (χ4v) is 8.49. The van der Waals surface area contributed by atoms with Crippen LogP contribution >= 0.6 is 0 Å². The second-order valence-corrected chi connectivity index (χ2v) is 16.6. The fraction of sp³-hybridized carbons (Fsp3) is 0.973. The van der Waals surface area contributed by atoms with Crippen LogP contribution in [0.1, 0.15) is 94.9 Å². The molecule has 5 N–H and O–H groups in total. The number of ether oxygens (including phenoxy) is 5. The van der Waals surface area contributed by atoms with Gasteiger partial charge in [-0.05, 0) is 99.2 Å². The molecule has 18 atom stereocenters. The minimum atomic E-state index is -1.78. The van der Waals surface area contributed by atoms with E-state index in [1.165, 1.54) is 6.92 Å². The molecule has 0 spiro atoms. The van der Waals surface area contributed by atoms with Crippen LogP contribution in [0.25, 0.3) is 0 Å². The quantitative estimate of drug-likeness (QED) is 0.239. The molecule has 3 fully saturated rings. The molecule has 0 aromatic heterocycles. The second kappa shape index (κ2) is 17.9. The van der Waals surface area contributed by atoms with Crippen molar-refractivity contribution < 1.29 is 54.0 Å². The van der Waals surface area contributed by atoms with Gasteiger partial charge in [-0.1, -0.05) is 27.7 Å². The van der Waals surface area contributed by atoms with E-state index in [1.54, 1.807) is 27.7 Å². The molecule has 0 aromatic rings. The van der Waals surface area contributed by atoms with Gasteiger partial charge in [-0.15, -0.1) is 6.61 Å². The predicted octanol–water partition coefficient (Wildman–Crippen LogP) is 1.41. The van der Waals surface area contributed by atoms with E-state index in [9.17, 15) is 30.3 Å². The lowest BCUT2D eigenvalue weighted by Gasteiger charge is -2.48. The average molecular weight is 718 g/mol. The number of aliphatic hydroxyl groups is 4. The summed E-state index contributed by atoms with van der Waals surface area (Å²) in [5.41, 5.74) is -3.30. The molecule has 0 amide bonds. The highest BCUT2D eigenvalue weighted by molar-refractivity contribution is 5.73. The van der Waals surface area contributed by atoms with Crippen molar-refractivity contribution in [2.75, 3.05) is 27.2 Å². The number of nitrogens with zero attached hydrogens (tertiary/aromatic N) is 1. The van der Waals surface area contributed by atoms with E-state index >= 15 is 0 Å². The van der Waals surface area contributed by atoms with Crippen molar-refractivity contribution in [3.63, 3.8) is 0 Å². The van der Waals surface area contributed by atoms with Crippen LogP contribution in [0, 0.1) is 29.6 Å². The van der Waals surface area contributed by atoms with Crippen molar-refractivity contribution in [1.82, 2.24) is 10.2 Å². The van der Waals surface area contributed by atoms with Crippen LogP contribution in [0.2, 0.25) is 0 Å².